The van der Waals surface area contributed by atoms with Gasteiger partial charge < -0.3 is 65.1 Å². The zero-order chi connectivity index (χ0) is 68.7. The van der Waals surface area contributed by atoms with Crippen molar-refractivity contribution in [1.29, 1.82) is 0 Å². The van der Waals surface area contributed by atoms with Crippen LogP contribution in [0, 0.1) is 0 Å². The first kappa shape index (κ1) is 87.2. The SMILES string of the molecule is CC/C=C\C/C=C\C/C=C\C/C=C\C/C=C\C/C=C\C/C=C\C/C=C\C/C=C\C/C=C\C/C=C\CCCCCCCCCC(=O)NC(COC1OC(CO)C(OC2OC(CO)C(O)C(O)C2O)C(O)C1O)C(O)CCCCCCCCCCCCCCCCCCCCCC. The minimum atomic E-state index is -1.79. The minimum absolute atomic E-state index is 0.221. The van der Waals surface area contributed by atoms with Gasteiger partial charge in [-0.2, -0.15) is 0 Å². The van der Waals surface area contributed by atoms with Crippen molar-refractivity contribution in [3.63, 3.8) is 0 Å². The van der Waals surface area contributed by atoms with E-state index < -0.39 is 86.8 Å². The van der Waals surface area contributed by atoms with Crippen LogP contribution >= 0.6 is 0 Å². The van der Waals surface area contributed by atoms with Crippen molar-refractivity contribution >= 4 is 5.91 Å². The summed E-state index contributed by atoms with van der Waals surface area (Å²) in [5, 5.41) is 87.7. The highest BCUT2D eigenvalue weighted by molar-refractivity contribution is 5.76. The minimum Gasteiger partial charge on any atom is -0.394 e. The van der Waals surface area contributed by atoms with Gasteiger partial charge in [0.2, 0.25) is 5.91 Å². The quantitative estimate of drug-likeness (QED) is 0.0204. The Bertz CT molecular complexity index is 2110. The van der Waals surface area contributed by atoms with Crippen LogP contribution in [-0.2, 0) is 23.7 Å². The summed E-state index contributed by atoms with van der Waals surface area (Å²) in [5.41, 5.74) is 0. The molecule has 14 nitrogen and oxygen atoms in total. The summed E-state index contributed by atoms with van der Waals surface area (Å²) in [6.07, 6.45) is 77.5. The van der Waals surface area contributed by atoms with Gasteiger partial charge in [-0.25, -0.2) is 0 Å². The van der Waals surface area contributed by atoms with Gasteiger partial charge >= 0.3 is 0 Å². The Labute approximate surface area is 577 Å². The van der Waals surface area contributed by atoms with E-state index >= 15 is 0 Å². The Hall–Kier alpha value is -3.87. The normalized spacial score (nSPS) is 23.1. The number of hydrogen-bond donors (Lipinski definition) is 9. The standard InChI is InChI=1S/C81H137NO13/c1-3-5-7-9-11-13-15-17-19-21-23-25-26-27-28-29-30-31-32-33-34-35-36-37-38-39-40-41-42-43-44-45-47-49-51-53-55-57-59-61-63-65-73(86)82-69(70(85)64-62-60-58-56-54-52-50-48-46-24-22-20-18-16-14-12-10-8-6-4-2)68-92-80-78(91)76(89)79(72(67-84)94-80)95-81-77(90)75(88)74(87)71(66-83)93-81/h5,7,11,13,17,19,23,25,27-28,30-31,33-34,36-37,39-40,42-43,45,47,69-72,74-81,83-85,87-91H,3-4,6,8-10,12,14-16,18,20-22,24,26,29,32,35,38,41,44,46,48-68H2,1-2H3,(H,82,86)/b7-5-,13-11-,19-17-,25-23-,28-27-,31-30-,34-33-,37-36-,40-39-,43-42-,47-45-. The first-order chi connectivity index (χ1) is 46.6. The van der Waals surface area contributed by atoms with Crippen molar-refractivity contribution in [3.05, 3.63) is 134 Å². The number of ether oxygens (including phenoxy) is 4. The van der Waals surface area contributed by atoms with Gasteiger partial charge in [-0.3, -0.25) is 4.79 Å². The predicted octanol–water partition coefficient (Wildman–Crippen LogP) is 16.6. The zero-order valence-electron chi connectivity index (χ0n) is 59.4. The molecule has 1 amide bonds. The van der Waals surface area contributed by atoms with Crippen LogP contribution < -0.4 is 5.32 Å². The van der Waals surface area contributed by atoms with Crippen molar-refractivity contribution < 1.29 is 64.6 Å². The number of hydrogen-bond acceptors (Lipinski definition) is 13. The van der Waals surface area contributed by atoms with Crippen LogP contribution in [0.25, 0.3) is 0 Å². The average Bonchev–Trinajstić information content (AvgIpc) is 0.897. The molecule has 0 aliphatic carbocycles. The molecular formula is C81H137NO13. The lowest BCUT2D eigenvalue weighted by Crippen LogP contribution is -2.65. The molecule has 0 bridgehead atoms. The van der Waals surface area contributed by atoms with E-state index in [0.717, 1.165) is 135 Å². The van der Waals surface area contributed by atoms with E-state index in [1.165, 1.54) is 109 Å². The summed E-state index contributed by atoms with van der Waals surface area (Å²) in [6.45, 7) is 2.76. The molecule has 95 heavy (non-hydrogen) atoms. The van der Waals surface area contributed by atoms with E-state index in [0.29, 0.717) is 12.8 Å². The Balaban J connectivity index is 1.63. The number of allylic oxidation sites excluding steroid dienone is 22. The summed E-state index contributed by atoms with van der Waals surface area (Å²) in [7, 11) is 0. The molecule has 0 radical (unpaired) electrons. The van der Waals surface area contributed by atoms with Gasteiger partial charge in [-0.05, 0) is 96.3 Å². The van der Waals surface area contributed by atoms with Crippen molar-refractivity contribution in [2.75, 3.05) is 19.8 Å². The van der Waals surface area contributed by atoms with Crippen LogP contribution in [0.1, 0.15) is 277 Å². The molecule has 2 fully saturated rings. The van der Waals surface area contributed by atoms with Crippen molar-refractivity contribution in [3.8, 4) is 0 Å². The van der Waals surface area contributed by atoms with Crippen LogP contribution in [0.5, 0.6) is 0 Å². The van der Waals surface area contributed by atoms with Gasteiger partial charge in [0.05, 0.1) is 32.0 Å². The Morgan fingerprint density at radius 2 is 0.726 bits per heavy atom. The molecule has 2 rings (SSSR count). The molecule has 0 aromatic carbocycles. The van der Waals surface area contributed by atoms with Crippen LogP contribution in [0.3, 0.4) is 0 Å². The van der Waals surface area contributed by atoms with E-state index in [4.69, 9.17) is 18.9 Å². The summed E-state index contributed by atoms with van der Waals surface area (Å²) < 4.78 is 22.9. The number of carbonyl (C=O) groups excluding carboxylic acids is 1. The van der Waals surface area contributed by atoms with Crippen molar-refractivity contribution in [2.45, 2.75) is 351 Å². The van der Waals surface area contributed by atoms with E-state index in [1.807, 2.05) is 0 Å². The second kappa shape index (κ2) is 63.6. The third-order valence-corrected chi connectivity index (χ3v) is 17.6. The number of aliphatic hydroxyl groups is 8. The molecule has 2 aliphatic heterocycles. The fourth-order valence-corrected chi connectivity index (χ4v) is 11.7. The molecule has 9 N–H and O–H groups in total. The van der Waals surface area contributed by atoms with Crippen molar-refractivity contribution in [2.24, 2.45) is 0 Å². The smallest absolute Gasteiger partial charge is 0.220 e. The summed E-state index contributed by atoms with van der Waals surface area (Å²) in [5.74, 6) is -0.221. The van der Waals surface area contributed by atoms with E-state index in [2.05, 4.69) is 153 Å². The summed E-state index contributed by atoms with van der Waals surface area (Å²) >= 11 is 0. The lowest BCUT2D eigenvalue weighted by Gasteiger charge is -2.46. The van der Waals surface area contributed by atoms with Gasteiger partial charge in [0.15, 0.2) is 12.6 Å². The number of nitrogens with one attached hydrogen (secondary N) is 1. The summed E-state index contributed by atoms with van der Waals surface area (Å²) in [6, 6.07) is -0.845. The molecule has 544 valence electrons. The maximum absolute atomic E-state index is 13.4. The van der Waals surface area contributed by atoms with Gasteiger partial charge in [0, 0.05) is 6.42 Å². The second-order valence-corrected chi connectivity index (χ2v) is 26.0. The molecule has 14 heteroatoms. The third-order valence-electron chi connectivity index (χ3n) is 17.6. The van der Waals surface area contributed by atoms with Gasteiger partial charge in [-0.1, -0.05) is 308 Å². The maximum Gasteiger partial charge on any atom is 0.220 e. The predicted molar refractivity (Wildman–Crippen MR) is 391 cm³/mol. The highest BCUT2D eigenvalue weighted by Crippen LogP contribution is 2.30. The monoisotopic (exact) mass is 1330 g/mol. The molecule has 12 atom stereocenters. The molecule has 0 spiro atoms. The third kappa shape index (κ3) is 46.9. The van der Waals surface area contributed by atoms with E-state index in [-0.39, 0.29) is 18.9 Å². The average molecular weight is 1330 g/mol. The van der Waals surface area contributed by atoms with Crippen molar-refractivity contribution in [1.82, 2.24) is 5.32 Å². The van der Waals surface area contributed by atoms with Gasteiger partial charge in [0.25, 0.3) is 0 Å². The molecule has 0 aromatic heterocycles. The molecule has 0 saturated carbocycles. The molecule has 0 aromatic rings. The number of carbonyl (C=O) groups is 1. The number of rotatable bonds is 61. The van der Waals surface area contributed by atoms with Gasteiger partial charge in [0.1, 0.15) is 48.8 Å². The zero-order valence-corrected chi connectivity index (χ0v) is 59.4. The largest absolute Gasteiger partial charge is 0.394 e. The van der Waals surface area contributed by atoms with Crippen LogP contribution in [0.2, 0.25) is 0 Å². The fraction of sp³-hybridized carbons (Fsp3) is 0.716. The Morgan fingerprint density at radius 3 is 1.12 bits per heavy atom. The molecule has 2 heterocycles. The highest BCUT2D eigenvalue weighted by atomic mass is 16.7. The van der Waals surface area contributed by atoms with Crippen LogP contribution in [-0.4, -0.2) is 140 Å². The molecule has 12 unspecified atom stereocenters. The van der Waals surface area contributed by atoms with E-state index in [9.17, 15) is 45.6 Å². The molecular weight excluding hydrogens is 1190 g/mol. The first-order valence-corrected chi connectivity index (χ1v) is 37.9. The first-order valence-electron chi connectivity index (χ1n) is 37.9. The number of unbranched alkanes of at least 4 members (excludes halogenated alkanes) is 26. The maximum atomic E-state index is 13.4. The van der Waals surface area contributed by atoms with E-state index in [1.54, 1.807) is 0 Å². The summed E-state index contributed by atoms with van der Waals surface area (Å²) in [4.78, 5) is 13.4. The lowest BCUT2D eigenvalue weighted by molar-refractivity contribution is -0.359. The fourth-order valence-electron chi connectivity index (χ4n) is 11.7. The van der Waals surface area contributed by atoms with Crippen LogP contribution in [0.15, 0.2) is 134 Å². The highest BCUT2D eigenvalue weighted by Gasteiger charge is 2.51. The van der Waals surface area contributed by atoms with Gasteiger partial charge in [-0.15, -0.1) is 0 Å². The topological polar surface area (TPSA) is 228 Å². The van der Waals surface area contributed by atoms with Crippen LogP contribution in [0.4, 0.5) is 0 Å². The lowest BCUT2D eigenvalue weighted by atomic mass is 9.97. The second-order valence-electron chi connectivity index (χ2n) is 26.0. The Kier molecular flexibility index (Phi) is 58.4. The number of aliphatic hydroxyl groups excluding tert-OH is 8. The number of amides is 1. The molecule has 2 aliphatic rings. The molecule has 2 saturated heterocycles. The Morgan fingerprint density at radius 1 is 0.389 bits per heavy atom.